The van der Waals surface area contributed by atoms with Crippen LogP contribution in [0.4, 0.5) is 9.52 Å². The molecule has 3 heterocycles. The Labute approximate surface area is 148 Å². The average Bonchev–Trinajstić information content (AvgIpc) is 3.23. The molecule has 0 saturated heterocycles. The third kappa shape index (κ3) is 3.10. The second-order valence-electron chi connectivity index (χ2n) is 6.04. The molecule has 0 unspecified atom stereocenters. The molecule has 0 fully saturated rings. The van der Waals surface area contributed by atoms with E-state index in [0.29, 0.717) is 6.04 Å². The number of halogens is 1. The maximum Gasteiger partial charge on any atom is 0.183 e. The van der Waals surface area contributed by atoms with Gasteiger partial charge in [-0.25, -0.2) is 9.37 Å². The first kappa shape index (κ1) is 15.7. The van der Waals surface area contributed by atoms with E-state index in [1.807, 2.05) is 22.9 Å². The number of thiazole rings is 1. The summed E-state index contributed by atoms with van der Waals surface area (Å²) in [4.78, 5) is 5.48. The standard InChI is InChI=1S/C18H16FN5S/c1-11(2)22-18-20-8-16(25-18)13-7-15(12-3-5-14(19)6-4-12)17-23-21-10-24(17)9-13/h3-11H,1-2H3,(H,20,22). The Bertz CT molecular complexity index is 1020. The van der Waals surface area contributed by atoms with E-state index in [9.17, 15) is 4.39 Å². The molecular formula is C18H16FN5S. The molecule has 1 N–H and O–H groups in total. The molecule has 3 aromatic heterocycles. The zero-order valence-electron chi connectivity index (χ0n) is 13.8. The molecule has 5 nitrogen and oxygen atoms in total. The van der Waals surface area contributed by atoms with Crippen molar-refractivity contribution >= 4 is 22.1 Å². The summed E-state index contributed by atoms with van der Waals surface area (Å²) >= 11 is 1.60. The molecular weight excluding hydrogens is 337 g/mol. The van der Waals surface area contributed by atoms with Crippen LogP contribution in [0.1, 0.15) is 13.8 Å². The Kier molecular flexibility index (Phi) is 3.93. The molecule has 4 rings (SSSR count). The van der Waals surface area contributed by atoms with E-state index in [-0.39, 0.29) is 5.82 Å². The molecule has 0 amide bonds. The van der Waals surface area contributed by atoms with Crippen molar-refractivity contribution in [1.29, 1.82) is 0 Å². The maximum absolute atomic E-state index is 13.3. The van der Waals surface area contributed by atoms with Gasteiger partial charge in [-0.15, -0.1) is 10.2 Å². The summed E-state index contributed by atoms with van der Waals surface area (Å²) in [6.45, 7) is 4.16. The number of hydrogen-bond donors (Lipinski definition) is 1. The number of nitrogens with one attached hydrogen (secondary N) is 1. The molecule has 1 aromatic carbocycles. The number of fused-ring (bicyclic) bond motifs is 1. The normalized spacial score (nSPS) is 11.4. The lowest BCUT2D eigenvalue weighted by molar-refractivity contribution is 0.628. The number of nitrogens with zero attached hydrogens (tertiary/aromatic N) is 4. The minimum Gasteiger partial charge on any atom is -0.359 e. The highest BCUT2D eigenvalue weighted by Crippen LogP contribution is 2.33. The number of rotatable bonds is 4. The predicted octanol–water partition coefficient (Wildman–Crippen LogP) is 4.48. The molecule has 4 aromatic rings. The van der Waals surface area contributed by atoms with Crippen molar-refractivity contribution in [2.45, 2.75) is 19.9 Å². The Morgan fingerprint density at radius 1 is 1.16 bits per heavy atom. The lowest BCUT2D eigenvalue weighted by Crippen LogP contribution is -2.08. The molecule has 126 valence electrons. The summed E-state index contributed by atoms with van der Waals surface area (Å²) in [6, 6.07) is 8.78. The van der Waals surface area contributed by atoms with Crippen molar-refractivity contribution in [2.75, 3.05) is 5.32 Å². The van der Waals surface area contributed by atoms with Gasteiger partial charge in [0.2, 0.25) is 0 Å². The number of anilines is 1. The lowest BCUT2D eigenvalue weighted by Gasteiger charge is -2.07. The third-order valence-corrected chi connectivity index (χ3v) is 4.73. The molecule has 0 spiro atoms. The van der Waals surface area contributed by atoms with Crippen LogP contribution < -0.4 is 5.32 Å². The van der Waals surface area contributed by atoms with E-state index in [1.165, 1.54) is 12.1 Å². The summed E-state index contributed by atoms with van der Waals surface area (Å²) in [5.41, 5.74) is 3.55. The van der Waals surface area contributed by atoms with Gasteiger partial charge in [-0.1, -0.05) is 23.5 Å². The van der Waals surface area contributed by atoms with Crippen LogP contribution in [0, 0.1) is 5.82 Å². The van der Waals surface area contributed by atoms with Crippen LogP contribution in [0.15, 0.2) is 49.1 Å². The van der Waals surface area contributed by atoms with Gasteiger partial charge in [0.05, 0.1) is 4.88 Å². The highest BCUT2D eigenvalue weighted by Gasteiger charge is 2.12. The third-order valence-electron chi connectivity index (χ3n) is 3.75. The highest BCUT2D eigenvalue weighted by molar-refractivity contribution is 7.18. The van der Waals surface area contributed by atoms with Crippen molar-refractivity contribution in [3.63, 3.8) is 0 Å². The fourth-order valence-electron chi connectivity index (χ4n) is 2.63. The summed E-state index contributed by atoms with van der Waals surface area (Å²) in [5.74, 6) is -0.260. The van der Waals surface area contributed by atoms with Crippen LogP contribution in [-0.4, -0.2) is 25.6 Å². The summed E-state index contributed by atoms with van der Waals surface area (Å²) in [7, 11) is 0. The number of pyridine rings is 1. The van der Waals surface area contributed by atoms with Gasteiger partial charge in [0, 0.05) is 29.6 Å². The van der Waals surface area contributed by atoms with E-state index in [2.05, 4.69) is 34.3 Å². The summed E-state index contributed by atoms with van der Waals surface area (Å²) in [6.07, 6.45) is 5.50. The van der Waals surface area contributed by atoms with Gasteiger partial charge >= 0.3 is 0 Å². The summed E-state index contributed by atoms with van der Waals surface area (Å²) in [5, 5.41) is 12.4. The van der Waals surface area contributed by atoms with Gasteiger partial charge < -0.3 is 5.32 Å². The fourth-order valence-corrected chi connectivity index (χ4v) is 3.58. The van der Waals surface area contributed by atoms with Crippen molar-refractivity contribution in [2.24, 2.45) is 0 Å². The van der Waals surface area contributed by atoms with E-state index in [0.717, 1.165) is 32.3 Å². The molecule has 0 saturated carbocycles. The van der Waals surface area contributed by atoms with Gasteiger partial charge in [0.15, 0.2) is 10.8 Å². The monoisotopic (exact) mass is 353 g/mol. The van der Waals surface area contributed by atoms with E-state index < -0.39 is 0 Å². The van der Waals surface area contributed by atoms with E-state index in [4.69, 9.17) is 0 Å². The first-order valence-corrected chi connectivity index (χ1v) is 8.74. The van der Waals surface area contributed by atoms with Crippen LogP contribution in [0.3, 0.4) is 0 Å². The second-order valence-corrected chi connectivity index (χ2v) is 7.07. The zero-order chi connectivity index (χ0) is 17.4. The van der Waals surface area contributed by atoms with Gasteiger partial charge in [-0.3, -0.25) is 4.40 Å². The Hall–Kier alpha value is -2.80. The van der Waals surface area contributed by atoms with Crippen LogP contribution in [0.25, 0.3) is 27.2 Å². The number of aromatic nitrogens is 4. The molecule has 25 heavy (non-hydrogen) atoms. The quantitative estimate of drug-likeness (QED) is 0.588. The molecule has 0 radical (unpaired) electrons. The van der Waals surface area contributed by atoms with Crippen molar-refractivity contribution in [3.05, 3.63) is 54.9 Å². The van der Waals surface area contributed by atoms with Gasteiger partial charge in [-0.2, -0.15) is 0 Å². The SMILES string of the molecule is CC(C)Nc1ncc(-c2cc(-c3ccc(F)cc3)c3nncn3c2)s1. The minimum atomic E-state index is -0.260. The molecule has 0 bridgehead atoms. The van der Waals surface area contributed by atoms with Crippen LogP contribution in [-0.2, 0) is 0 Å². The fraction of sp³-hybridized carbons (Fsp3) is 0.167. The first-order valence-electron chi connectivity index (χ1n) is 7.92. The van der Waals surface area contributed by atoms with Crippen molar-refractivity contribution in [3.8, 4) is 21.6 Å². The molecule has 0 atom stereocenters. The number of benzene rings is 1. The first-order chi connectivity index (χ1) is 12.1. The molecule has 0 aliphatic heterocycles. The van der Waals surface area contributed by atoms with Crippen molar-refractivity contribution in [1.82, 2.24) is 19.6 Å². The average molecular weight is 353 g/mol. The number of hydrogen-bond acceptors (Lipinski definition) is 5. The smallest absolute Gasteiger partial charge is 0.183 e. The van der Waals surface area contributed by atoms with E-state index in [1.54, 1.807) is 29.8 Å². The minimum absolute atomic E-state index is 0.260. The highest BCUT2D eigenvalue weighted by atomic mass is 32.1. The Morgan fingerprint density at radius 3 is 2.72 bits per heavy atom. The zero-order valence-corrected chi connectivity index (χ0v) is 14.6. The van der Waals surface area contributed by atoms with E-state index >= 15 is 0 Å². The molecule has 7 heteroatoms. The largest absolute Gasteiger partial charge is 0.359 e. The van der Waals surface area contributed by atoms with Crippen molar-refractivity contribution < 1.29 is 4.39 Å². The van der Waals surface area contributed by atoms with Crippen LogP contribution in [0.5, 0.6) is 0 Å². The summed E-state index contributed by atoms with van der Waals surface area (Å²) < 4.78 is 15.1. The predicted molar refractivity (Wildman–Crippen MR) is 98.2 cm³/mol. The Balaban J connectivity index is 1.83. The molecule has 0 aliphatic rings. The molecule has 0 aliphatic carbocycles. The topological polar surface area (TPSA) is 55.1 Å². The van der Waals surface area contributed by atoms with Gasteiger partial charge in [0.1, 0.15) is 12.1 Å². The van der Waals surface area contributed by atoms with Crippen LogP contribution >= 0.6 is 11.3 Å². The maximum atomic E-state index is 13.3. The van der Waals surface area contributed by atoms with Gasteiger partial charge in [-0.05, 0) is 37.6 Å². The van der Waals surface area contributed by atoms with Gasteiger partial charge in [0.25, 0.3) is 0 Å². The van der Waals surface area contributed by atoms with Crippen LogP contribution in [0.2, 0.25) is 0 Å². The second kappa shape index (κ2) is 6.25. The lowest BCUT2D eigenvalue weighted by atomic mass is 10.0. The Morgan fingerprint density at radius 2 is 1.96 bits per heavy atom.